The highest BCUT2D eigenvalue weighted by atomic mass is 35.5. The van der Waals surface area contributed by atoms with Crippen LogP contribution in [0, 0.1) is 23.7 Å². The molecule has 0 bridgehead atoms. The van der Waals surface area contributed by atoms with Crippen LogP contribution in [-0.2, 0) is 5.54 Å². The Labute approximate surface area is 261 Å². The molecule has 1 saturated carbocycles. The summed E-state index contributed by atoms with van der Waals surface area (Å²) in [5.41, 5.74) is 2.24. The van der Waals surface area contributed by atoms with E-state index >= 15 is 0 Å². The lowest BCUT2D eigenvalue weighted by Gasteiger charge is -2.23. The van der Waals surface area contributed by atoms with E-state index in [0.29, 0.717) is 50.7 Å². The van der Waals surface area contributed by atoms with Crippen molar-refractivity contribution >= 4 is 33.9 Å². The average Bonchev–Trinajstić information content (AvgIpc) is 3.38. The number of nitriles is 1. The van der Waals surface area contributed by atoms with Crippen molar-refractivity contribution < 1.29 is 13.2 Å². The normalized spacial score (nSPS) is 15.1. The Balaban J connectivity index is 1.48. The van der Waals surface area contributed by atoms with E-state index in [2.05, 4.69) is 68.3 Å². The number of hydrogen-bond acceptors (Lipinski definition) is 9. The molecule has 1 aliphatic carbocycles. The Morgan fingerprint density at radius 3 is 2.58 bits per heavy atom. The molecule has 3 aromatic heterocycles. The van der Waals surface area contributed by atoms with Gasteiger partial charge in [0.25, 0.3) is 0 Å². The zero-order chi connectivity index (χ0) is 32.1. The molecule has 0 saturated heterocycles. The number of tetrazole rings is 1. The molecule has 232 valence electrons. The van der Waals surface area contributed by atoms with E-state index in [1.54, 1.807) is 6.07 Å². The second-order valence-corrected chi connectivity index (χ2v) is 12.8. The van der Waals surface area contributed by atoms with Crippen molar-refractivity contribution in [3.8, 4) is 11.8 Å². The van der Waals surface area contributed by atoms with Crippen molar-refractivity contribution in [2.45, 2.75) is 58.3 Å². The molecule has 2 aromatic carbocycles. The van der Waals surface area contributed by atoms with Gasteiger partial charge in [-0.15, -0.1) is 10.2 Å². The fourth-order valence-electron chi connectivity index (χ4n) is 5.30. The molecule has 45 heavy (non-hydrogen) atoms. The lowest BCUT2D eigenvalue weighted by atomic mass is 9.96. The smallest absolute Gasteiger partial charge is 0.383 e. The topological polar surface area (TPSA) is 135 Å². The lowest BCUT2D eigenvalue weighted by Crippen LogP contribution is -2.35. The van der Waals surface area contributed by atoms with Gasteiger partial charge < -0.3 is 10.6 Å². The van der Waals surface area contributed by atoms with Gasteiger partial charge in [-0.1, -0.05) is 49.7 Å². The van der Waals surface area contributed by atoms with Gasteiger partial charge >= 0.3 is 6.18 Å². The quantitative estimate of drug-likeness (QED) is 0.200. The van der Waals surface area contributed by atoms with E-state index in [-0.39, 0.29) is 24.0 Å². The Kier molecular flexibility index (Phi) is 7.39. The number of rotatable bonds is 8. The van der Waals surface area contributed by atoms with Crippen LogP contribution in [0.3, 0.4) is 0 Å². The molecule has 1 atom stereocenters. The predicted molar refractivity (Wildman–Crippen MR) is 162 cm³/mol. The number of fused-ring (bicyclic) bond motifs is 1. The number of pyridine rings is 1. The van der Waals surface area contributed by atoms with Crippen LogP contribution < -0.4 is 10.6 Å². The van der Waals surface area contributed by atoms with E-state index in [1.807, 2.05) is 31.2 Å². The van der Waals surface area contributed by atoms with Gasteiger partial charge in [-0.25, -0.2) is 9.36 Å². The molecule has 11 nitrogen and oxygen atoms in total. The standard InChI is InChI=1S/C30H29ClF3N11/c1-17-20(6-5-7-24(17)44-16-38-41-43-44)27(23-14-45(42-40-23)29(8-9-29)30(32,33)34)39-19-10-21-25(37-15-28(2,3)4)18(12-35)13-36-26(21)22(31)11-19/h5-7,10-11,13-14,16,27,39H,8-9,15H2,1-4H3,(H,36,37). The fraction of sp³-hybridized carbons (Fsp3) is 0.367. The minimum absolute atomic E-state index is 0.0654. The van der Waals surface area contributed by atoms with Crippen molar-refractivity contribution in [2.24, 2.45) is 5.41 Å². The van der Waals surface area contributed by atoms with Crippen molar-refractivity contribution in [1.29, 1.82) is 5.26 Å². The van der Waals surface area contributed by atoms with Crippen LogP contribution in [0.25, 0.3) is 16.6 Å². The van der Waals surface area contributed by atoms with Crippen LogP contribution in [0.15, 0.2) is 49.1 Å². The van der Waals surface area contributed by atoms with Crippen LogP contribution in [-0.4, -0.2) is 52.9 Å². The van der Waals surface area contributed by atoms with Gasteiger partial charge in [0.15, 0.2) is 5.54 Å². The maximum atomic E-state index is 14.0. The third kappa shape index (κ3) is 5.64. The summed E-state index contributed by atoms with van der Waals surface area (Å²) in [5, 5.41) is 37.3. The first kappa shape index (κ1) is 30.3. The van der Waals surface area contributed by atoms with Crippen molar-refractivity contribution in [3.63, 3.8) is 0 Å². The highest BCUT2D eigenvalue weighted by molar-refractivity contribution is 6.35. The summed E-state index contributed by atoms with van der Waals surface area (Å²) >= 11 is 6.75. The summed E-state index contributed by atoms with van der Waals surface area (Å²) in [6.45, 7) is 8.66. The number of benzene rings is 2. The molecule has 15 heteroatoms. The molecule has 3 heterocycles. The molecule has 1 fully saturated rings. The molecule has 6 rings (SSSR count). The number of anilines is 2. The van der Waals surface area contributed by atoms with Gasteiger partial charge in [-0.05, 0) is 64.9 Å². The number of hydrogen-bond donors (Lipinski definition) is 2. The van der Waals surface area contributed by atoms with Gasteiger partial charge in [-0.2, -0.15) is 18.4 Å². The van der Waals surface area contributed by atoms with E-state index < -0.39 is 17.8 Å². The Bertz CT molecular complexity index is 1920. The first-order chi connectivity index (χ1) is 21.3. The average molecular weight is 636 g/mol. The maximum Gasteiger partial charge on any atom is 0.413 e. The minimum Gasteiger partial charge on any atom is -0.383 e. The van der Waals surface area contributed by atoms with Gasteiger partial charge in [0.2, 0.25) is 0 Å². The van der Waals surface area contributed by atoms with Crippen molar-refractivity contribution in [1.82, 2.24) is 40.2 Å². The molecule has 0 radical (unpaired) electrons. The second kappa shape index (κ2) is 11.0. The monoisotopic (exact) mass is 635 g/mol. The zero-order valence-electron chi connectivity index (χ0n) is 24.9. The zero-order valence-corrected chi connectivity index (χ0v) is 25.6. The van der Waals surface area contributed by atoms with Crippen LogP contribution in [0.4, 0.5) is 24.5 Å². The number of halogens is 4. The van der Waals surface area contributed by atoms with Gasteiger partial charge in [0.05, 0.1) is 39.7 Å². The number of aromatic nitrogens is 8. The summed E-state index contributed by atoms with van der Waals surface area (Å²) in [6, 6.07) is 10.4. The van der Waals surface area contributed by atoms with Gasteiger partial charge in [-0.3, -0.25) is 4.98 Å². The van der Waals surface area contributed by atoms with Crippen LogP contribution in [0.2, 0.25) is 5.02 Å². The van der Waals surface area contributed by atoms with E-state index in [0.717, 1.165) is 10.2 Å². The first-order valence-corrected chi connectivity index (χ1v) is 14.5. The highest BCUT2D eigenvalue weighted by Crippen LogP contribution is 2.55. The van der Waals surface area contributed by atoms with Crippen molar-refractivity contribution in [2.75, 3.05) is 17.2 Å². The van der Waals surface area contributed by atoms with Gasteiger partial charge in [0.1, 0.15) is 18.1 Å². The molecule has 2 N–H and O–H groups in total. The summed E-state index contributed by atoms with van der Waals surface area (Å²) in [7, 11) is 0. The summed E-state index contributed by atoms with van der Waals surface area (Å²) in [6.07, 6.45) is -0.316. The van der Waals surface area contributed by atoms with Crippen LogP contribution in [0.1, 0.15) is 62.0 Å². The Morgan fingerprint density at radius 1 is 1.16 bits per heavy atom. The summed E-state index contributed by atoms with van der Waals surface area (Å²) < 4.78 is 44.4. The highest BCUT2D eigenvalue weighted by Gasteiger charge is 2.66. The largest absolute Gasteiger partial charge is 0.413 e. The molecule has 5 aromatic rings. The second-order valence-electron chi connectivity index (χ2n) is 12.4. The van der Waals surface area contributed by atoms with E-state index in [9.17, 15) is 18.4 Å². The van der Waals surface area contributed by atoms with Crippen LogP contribution in [0.5, 0.6) is 0 Å². The molecule has 0 aliphatic heterocycles. The summed E-state index contributed by atoms with van der Waals surface area (Å²) in [5.74, 6) is 0. The molecular weight excluding hydrogens is 607 g/mol. The molecule has 0 amide bonds. The van der Waals surface area contributed by atoms with Gasteiger partial charge in [0, 0.05) is 23.8 Å². The van der Waals surface area contributed by atoms with Crippen molar-refractivity contribution in [3.05, 3.63) is 76.5 Å². The molecule has 1 unspecified atom stereocenters. The molecule has 0 spiro atoms. The van der Waals surface area contributed by atoms with Crippen LogP contribution >= 0.6 is 11.6 Å². The molecule has 1 aliphatic rings. The Hall–Kier alpha value is -4.77. The number of nitrogens with zero attached hydrogens (tertiary/aromatic N) is 9. The predicted octanol–water partition coefficient (Wildman–Crippen LogP) is 6.35. The SMILES string of the molecule is Cc1c(C(Nc2cc(Cl)c3ncc(C#N)c(NCC(C)(C)C)c3c2)c2cn(C3(C(F)(F)F)CC3)nn2)cccc1-n1cnnn1. The summed E-state index contributed by atoms with van der Waals surface area (Å²) in [4.78, 5) is 4.43. The lowest BCUT2D eigenvalue weighted by molar-refractivity contribution is -0.182. The number of alkyl halides is 3. The third-order valence-electron chi connectivity index (χ3n) is 7.90. The fourth-order valence-corrected chi connectivity index (χ4v) is 5.57. The van der Waals surface area contributed by atoms with E-state index in [4.69, 9.17) is 11.6 Å². The maximum absolute atomic E-state index is 14.0. The van der Waals surface area contributed by atoms with E-state index in [1.165, 1.54) is 23.4 Å². The Morgan fingerprint density at radius 2 is 1.93 bits per heavy atom. The molecular formula is C30H29ClF3N11. The first-order valence-electron chi connectivity index (χ1n) is 14.2. The third-order valence-corrected chi connectivity index (χ3v) is 8.19. The number of nitrogens with one attached hydrogen (secondary N) is 2. The minimum atomic E-state index is -4.47.